The minimum absolute atomic E-state index is 0.314. The molecular weight excluding hydrogens is 255 g/mol. The van der Waals surface area contributed by atoms with Crippen LogP contribution < -0.4 is 4.74 Å². The number of fused-ring (bicyclic) bond motifs is 1. The molecule has 3 rings (SSSR count). The highest BCUT2D eigenvalue weighted by atomic mass is 19.1. The summed E-state index contributed by atoms with van der Waals surface area (Å²) in [6.45, 7) is 4.00. The Bertz CT molecular complexity index is 793. The molecule has 0 N–H and O–H groups in total. The summed E-state index contributed by atoms with van der Waals surface area (Å²) in [6, 6.07) is 8.84. The highest BCUT2D eigenvalue weighted by molar-refractivity contribution is 5.71. The summed E-state index contributed by atoms with van der Waals surface area (Å²) in [5.41, 5.74) is 4.09. The number of halogens is 1. The highest BCUT2D eigenvalue weighted by Gasteiger charge is 2.16. The van der Waals surface area contributed by atoms with Crippen LogP contribution in [0, 0.1) is 19.7 Å². The molecule has 0 atom stereocenters. The van der Waals surface area contributed by atoms with Gasteiger partial charge >= 0.3 is 0 Å². The lowest BCUT2D eigenvalue weighted by Crippen LogP contribution is -1.98. The quantitative estimate of drug-likeness (QED) is 0.708. The largest absolute Gasteiger partial charge is 0.496 e. The SMILES string of the molecule is COc1cccc(F)c1-c1cnc2cc(C)cc(C)n12. The van der Waals surface area contributed by atoms with Gasteiger partial charge in [-0.15, -0.1) is 0 Å². The molecule has 2 heterocycles. The summed E-state index contributed by atoms with van der Waals surface area (Å²) < 4.78 is 21.4. The van der Waals surface area contributed by atoms with Crippen LogP contribution in [0.25, 0.3) is 16.9 Å². The van der Waals surface area contributed by atoms with Crippen molar-refractivity contribution in [2.45, 2.75) is 13.8 Å². The first kappa shape index (κ1) is 12.7. The lowest BCUT2D eigenvalue weighted by Gasteiger charge is -2.11. The number of hydrogen-bond donors (Lipinski definition) is 0. The van der Waals surface area contributed by atoms with E-state index in [9.17, 15) is 4.39 Å². The van der Waals surface area contributed by atoms with Crippen LogP contribution in [0.15, 0.2) is 36.5 Å². The number of aryl methyl sites for hydroxylation is 2. The van der Waals surface area contributed by atoms with E-state index in [0.29, 0.717) is 17.0 Å². The predicted molar refractivity (Wildman–Crippen MR) is 76.6 cm³/mol. The fraction of sp³-hybridized carbons (Fsp3) is 0.188. The first-order chi connectivity index (χ1) is 9.61. The van der Waals surface area contributed by atoms with Crippen molar-refractivity contribution >= 4 is 5.65 Å². The van der Waals surface area contributed by atoms with Gasteiger partial charge in [0.15, 0.2) is 0 Å². The highest BCUT2D eigenvalue weighted by Crippen LogP contribution is 2.33. The Balaban J connectivity index is 2.37. The molecule has 0 aliphatic heterocycles. The number of ether oxygens (including phenoxy) is 1. The maximum Gasteiger partial charge on any atom is 0.137 e. The Morgan fingerprint density at radius 3 is 2.75 bits per heavy atom. The van der Waals surface area contributed by atoms with Crippen LogP contribution in [0.3, 0.4) is 0 Å². The van der Waals surface area contributed by atoms with Gasteiger partial charge in [-0.05, 0) is 43.7 Å². The van der Waals surface area contributed by atoms with Crippen LogP contribution in [0.4, 0.5) is 4.39 Å². The molecule has 1 aromatic carbocycles. The third kappa shape index (κ3) is 1.84. The molecular formula is C16H15FN2O. The summed E-state index contributed by atoms with van der Waals surface area (Å²) in [7, 11) is 1.54. The first-order valence-electron chi connectivity index (χ1n) is 6.39. The number of methoxy groups -OCH3 is 1. The standard InChI is InChI=1S/C16H15FN2O/c1-10-7-11(2)19-13(9-18-15(19)8-10)16-12(17)5-4-6-14(16)20-3/h4-9H,1-3H3. The monoisotopic (exact) mass is 270 g/mol. The Morgan fingerprint density at radius 1 is 1.20 bits per heavy atom. The van der Waals surface area contributed by atoms with E-state index in [1.807, 2.05) is 30.4 Å². The summed E-state index contributed by atoms with van der Waals surface area (Å²) in [4.78, 5) is 4.37. The summed E-state index contributed by atoms with van der Waals surface area (Å²) in [6.07, 6.45) is 1.68. The number of rotatable bonds is 2. The molecule has 4 heteroatoms. The fourth-order valence-electron chi connectivity index (χ4n) is 2.58. The van der Waals surface area contributed by atoms with E-state index in [2.05, 4.69) is 4.98 Å². The maximum absolute atomic E-state index is 14.2. The van der Waals surface area contributed by atoms with Crippen LogP contribution in [0.1, 0.15) is 11.3 Å². The molecule has 3 nitrogen and oxygen atoms in total. The Morgan fingerprint density at radius 2 is 2.00 bits per heavy atom. The molecule has 20 heavy (non-hydrogen) atoms. The van der Waals surface area contributed by atoms with Crippen molar-refractivity contribution in [3.63, 3.8) is 0 Å². The molecule has 0 spiro atoms. The van der Waals surface area contributed by atoms with Gasteiger partial charge in [0.25, 0.3) is 0 Å². The topological polar surface area (TPSA) is 26.5 Å². The molecule has 0 bridgehead atoms. The van der Waals surface area contributed by atoms with Crippen LogP contribution in [0.5, 0.6) is 5.75 Å². The third-order valence-electron chi connectivity index (χ3n) is 3.39. The third-order valence-corrected chi connectivity index (χ3v) is 3.39. The van der Waals surface area contributed by atoms with Crippen molar-refractivity contribution in [3.8, 4) is 17.0 Å². The molecule has 0 saturated carbocycles. The predicted octanol–water partition coefficient (Wildman–Crippen LogP) is 3.77. The smallest absolute Gasteiger partial charge is 0.137 e. The molecule has 102 valence electrons. The zero-order chi connectivity index (χ0) is 14.3. The number of pyridine rings is 1. The van der Waals surface area contributed by atoms with Gasteiger partial charge < -0.3 is 4.74 Å². The zero-order valence-corrected chi connectivity index (χ0v) is 11.6. The van der Waals surface area contributed by atoms with Gasteiger partial charge in [0.1, 0.15) is 17.2 Å². The fourth-order valence-corrected chi connectivity index (χ4v) is 2.58. The molecule has 2 aromatic heterocycles. The first-order valence-corrected chi connectivity index (χ1v) is 6.39. The van der Waals surface area contributed by atoms with E-state index in [4.69, 9.17) is 4.74 Å². The van der Waals surface area contributed by atoms with Crippen molar-refractivity contribution in [3.05, 3.63) is 53.6 Å². The minimum Gasteiger partial charge on any atom is -0.496 e. The molecule has 0 saturated heterocycles. The second-order valence-corrected chi connectivity index (χ2v) is 4.83. The number of hydrogen-bond acceptors (Lipinski definition) is 2. The molecule has 0 unspecified atom stereocenters. The normalized spacial score (nSPS) is 11.0. The van der Waals surface area contributed by atoms with Gasteiger partial charge in [-0.3, -0.25) is 4.40 Å². The summed E-state index contributed by atoms with van der Waals surface area (Å²) in [5, 5.41) is 0. The van der Waals surface area contributed by atoms with Gasteiger partial charge in [0.05, 0.1) is 24.6 Å². The van der Waals surface area contributed by atoms with E-state index in [1.54, 1.807) is 25.4 Å². The number of benzene rings is 1. The molecule has 0 fully saturated rings. The minimum atomic E-state index is -0.314. The molecule has 0 aliphatic rings. The number of imidazole rings is 1. The van der Waals surface area contributed by atoms with Crippen LogP contribution in [-0.2, 0) is 0 Å². The van der Waals surface area contributed by atoms with Gasteiger partial charge in [-0.2, -0.15) is 0 Å². The Labute approximate surface area is 116 Å². The number of aromatic nitrogens is 2. The van der Waals surface area contributed by atoms with Crippen molar-refractivity contribution < 1.29 is 9.13 Å². The molecule has 0 amide bonds. The van der Waals surface area contributed by atoms with Crippen molar-refractivity contribution in [2.75, 3.05) is 7.11 Å². The van der Waals surface area contributed by atoms with Gasteiger partial charge in [0, 0.05) is 5.69 Å². The van der Waals surface area contributed by atoms with E-state index in [-0.39, 0.29) is 5.82 Å². The van der Waals surface area contributed by atoms with Crippen LogP contribution in [-0.4, -0.2) is 16.5 Å². The molecule has 3 aromatic rings. The summed E-state index contributed by atoms with van der Waals surface area (Å²) in [5.74, 6) is 0.193. The Kier molecular flexibility index (Phi) is 2.93. The second kappa shape index (κ2) is 4.63. The average Bonchev–Trinajstić information content (AvgIpc) is 2.81. The second-order valence-electron chi connectivity index (χ2n) is 4.83. The maximum atomic E-state index is 14.2. The van der Waals surface area contributed by atoms with Crippen molar-refractivity contribution in [2.24, 2.45) is 0 Å². The molecule has 0 radical (unpaired) electrons. The van der Waals surface area contributed by atoms with Crippen LogP contribution in [0.2, 0.25) is 0 Å². The van der Waals surface area contributed by atoms with Gasteiger partial charge in [-0.1, -0.05) is 6.07 Å². The van der Waals surface area contributed by atoms with Crippen molar-refractivity contribution in [1.29, 1.82) is 0 Å². The van der Waals surface area contributed by atoms with Crippen LogP contribution >= 0.6 is 0 Å². The van der Waals surface area contributed by atoms with E-state index < -0.39 is 0 Å². The molecule has 0 aliphatic carbocycles. The van der Waals surface area contributed by atoms with E-state index in [0.717, 1.165) is 16.9 Å². The van der Waals surface area contributed by atoms with E-state index in [1.165, 1.54) is 6.07 Å². The number of nitrogens with zero attached hydrogens (tertiary/aromatic N) is 2. The zero-order valence-electron chi connectivity index (χ0n) is 11.6. The van der Waals surface area contributed by atoms with Gasteiger partial charge in [0.2, 0.25) is 0 Å². The Hall–Kier alpha value is -2.36. The summed E-state index contributed by atoms with van der Waals surface area (Å²) >= 11 is 0. The van der Waals surface area contributed by atoms with E-state index >= 15 is 0 Å². The lowest BCUT2D eigenvalue weighted by atomic mass is 10.1. The average molecular weight is 270 g/mol. The van der Waals surface area contributed by atoms with Crippen molar-refractivity contribution in [1.82, 2.24) is 9.38 Å². The lowest BCUT2D eigenvalue weighted by molar-refractivity contribution is 0.413. The van der Waals surface area contributed by atoms with Gasteiger partial charge in [-0.25, -0.2) is 9.37 Å².